The summed E-state index contributed by atoms with van der Waals surface area (Å²) in [6.07, 6.45) is 0.713. The average Bonchev–Trinajstić information content (AvgIpc) is 3.33. The van der Waals surface area contributed by atoms with Gasteiger partial charge in [-0.2, -0.15) is 0 Å². The molecule has 0 radical (unpaired) electrons. The second kappa shape index (κ2) is 15.0. The van der Waals surface area contributed by atoms with E-state index in [4.69, 9.17) is 14.7 Å². The number of hydrogen-bond acceptors (Lipinski definition) is 12. The van der Waals surface area contributed by atoms with Gasteiger partial charge in [0.25, 0.3) is 5.91 Å². The van der Waals surface area contributed by atoms with Crippen molar-refractivity contribution < 1.29 is 29.3 Å². The van der Waals surface area contributed by atoms with Crippen LogP contribution in [0.3, 0.4) is 0 Å². The van der Waals surface area contributed by atoms with E-state index in [-0.39, 0.29) is 31.0 Å². The molecule has 3 aromatic rings. The third-order valence-electron chi connectivity index (χ3n) is 5.75. The molecule has 2 N–H and O–H groups in total. The minimum absolute atomic E-state index is 0. The molecule has 0 saturated carbocycles. The van der Waals surface area contributed by atoms with Crippen molar-refractivity contribution in [3.05, 3.63) is 42.0 Å². The van der Waals surface area contributed by atoms with Crippen LogP contribution in [0, 0.1) is 0 Å². The number of likely N-dealkylation sites (N-methyl/N-ethyl adjacent to an activating group) is 2. The fraction of sp³-hybridized carbons (Fsp3) is 0.462. The number of pyridine rings is 1. The highest BCUT2D eigenvalue weighted by molar-refractivity contribution is 7.91. The first-order valence-corrected chi connectivity index (χ1v) is 15.2. The first-order chi connectivity index (χ1) is 19.1. The van der Waals surface area contributed by atoms with E-state index in [0.717, 1.165) is 18.9 Å². The van der Waals surface area contributed by atoms with Gasteiger partial charge in [0.1, 0.15) is 22.8 Å². The fourth-order valence-electron chi connectivity index (χ4n) is 3.49. The number of oxime groups is 1. The summed E-state index contributed by atoms with van der Waals surface area (Å²) in [7, 11) is 4.01. The third-order valence-corrected chi connectivity index (χ3v) is 8.45. The molecule has 0 saturated heterocycles. The molecule has 0 atom stereocenters. The number of hydrogen-bond donors (Lipinski definition) is 2. The minimum atomic E-state index is -3.50. The Morgan fingerprint density at radius 3 is 2.50 bits per heavy atom. The van der Waals surface area contributed by atoms with Crippen molar-refractivity contribution in [2.75, 3.05) is 77.1 Å². The molecule has 0 aliphatic rings. The summed E-state index contributed by atoms with van der Waals surface area (Å²) < 4.78 is 30.1. The number of nitrogens with one attached hydrogen (secondary N) is 1. The van der Waals surface area contributed by atoms with Gasteiger partial charge in [0, 0.05) is 53.9 Å². The molecule has 12 nitrogen and oxygen atoms in total. The van der Waals surface area contributed by atoms with E-state index in [0.29, 0.717) is 40.5 Å². The van der Waals surface area contributed by atoms with Crippen LogP contribution in [0.4, 0.5) is 10.9 Å². The lowest BCUT2D eigenvalue weighted by molar-refractivity contribution is -0.110. The molecule has 2 heterocycles. The van der Waals surface area contributed by atoms with Crippen molar-refractivity contribution >= 4 is 54.1 Å². The standard InChI is InChI=1S/C26H36N6O6S2.H2/c1-31(2)13-14-32(3)22-12-11-21-25(28-22)39-26(27-21)29-24(34)23(30-38-17-5-15-33)19-7-9-20(10-8-19)40(35,36)18-6-16-37-4;/h7-12,33H,5-6,13-18H2,1-4H3,(H,27,29,34);1H/b30-23+;. The van der Waals surface area contributed by atoms with Crippen molar-refractivity contribution in [1.29, 1.82) is 0 Å². The molecule has 0 aliphatic heterocycles. The number of fused-ring (bicyclic) bond motifs is 1. The van der Waals surface area contributed by atoms with Crippen LogP contribution in [-0.4, -0.2) is 107 Å². The largest absolute Gasteiger partial charge is 0.396 e. The number of carbonyl (C=O) groups excluding carboxylic acids is 1. The second-order valence-electron chi connectivity index (χ2n) is 9.23. The van der Waals surface area contributed by atoms with Gasteiger partial charge < -0.3 is 24.5 Å². The first-order valence-electron chi connectivity index (χ1n) is 12.7. The van der Waals surface area contributed by atoms with Gasteiger partial charge in [0.05, 0.1) is 10.6 Å². The van der Waals surface area contributed by atoms with Crippen molar-refractivity contribution in [3.63, 3.8) is 0 Å². The van der Waals surface area contributed by atoms with E-state index in [2.05, 4.69) is 25.3 Å². The number of benzene rings is 1. The SMILES string of the molecule is COCCCS(=O)(=O)c1ccc(/C(=N\OCCCO)C(=O)Nc2nc3ccc(N(C)CCN(C)C)nc3s2)cc1.[HH]. The van der Waals surface area contributed by atoms with Crippen LogP contribution in [0.2, 0.25) is 0 Å². The Bertz CT molecular complexity index is 1400. The zero-order chi connectivity index (χ0) is 29.1. The van der Waals surface area contributed by atoms with Crippen molar-refractivity contribution in [2.45, 2.75) is 17.7 Å². The van der Waals surface area contributed by atoms with Crippen LogP contribution in [0.5, 0.6) is 0 Å². The molecule has 0 unspecified atom stereocenters. The smallest absolute Gasteiger partial charge is 0.280 e. The summed E-state index contributed by atoms with van der Waals surface area (Å²) in [5.41, 5.74) is 0.949. The summed E-state index contributed by atoms with van der Waals surface area (Å²) in [5.74, 6) is 0.166. The van der Waals surface area contributed by atoms with Crippen LogP contribution in [-0.2, 0) is 24.2 Å². The highest BCUT2D eigenvalue weighted by Gasteiger charge is 2.20. The van der Waals surface area contributed by atoms with E-state index in [1.807, 2.05) is 38.2 Å². The Kier molecular flexibility index (Phi) is 11.8. The van der Waals surface area contributed by atoms with Gasteiger partial charge in [-0.3, -0.25) is 10.1 Å². The second-order valence-corrected chi connectivity index (χ2v) is 12.3. The Hall–Kier alpha value is -3.17. The Balaban J connectivity index is 0.00000588. The highest BCUT2D eigenvalue weighted by atomic mass is 32.2. The van der Waals surface area contributed by atoms with Gasteiger partial charge in [-0.15, -0.1) is 0 Å². The monoisotopic (exact) mass is 594 g/mol. The number of thiazole rings is 1. The lowest BCUT2D eigenvalue weighted by atomic mass is 10.1. The summed E-state index contributed by atoms with van der Waals surface area (Å²) in [6, 6.07) is 9.62. The number of carbonyl (C=O) groups is 1. The lowest BCUT2D eigenvalue weighted by Crippen LogP contribution is -2.28. The molecule has 1 amide bonds. The predicted octanol–water partition coefficient (Wildman–Crippen LogP) is 2.49. The number of sulfone groups is 1. The van der Waals surface area contributed by atoms with Crippen molar-refractivity contribution in [1.82, 2.24) is 14.9 Å². The van der Waals surface area contributed by atoms with Gasteiger partial charge in [0.15, 0.2) is 20.7 Å². The number of anilines is 2. The number of rotatable bonds is 16. The van der Waals surface area contributed by atoms with Crippen molar-refractivity contribution in [3.8, 4) is 0 Å². The molecule has 220 valence electrons. The maximum Gasteiger partial charge on any atom is 0.280 e. The van der Waals surface area contributed by atoms with E-state index >= 15 is 0 Å². The molecule has 2 aromatic heterocycles. The topological polar surface area (TPSA) is 147 Å². The van der Waals surface area contributed by atoms with Gasteiger partial charge in [-0.05, 0) is 44.8 Å². The Morgan fingerprint density at radius 1 is 1.07 bits per heavy atom. The summed E-state index contributed by atoms with van der Waals surface area (Å²) >= 11 is 1.23. The van der Waals surface area contributed by atoms with Gasteiger partial charge in [0.2, 0.25) is 0 Å². The molecule has 0 bridgehead atoms. The van der Waals surface area contributed by atoms with E-state index in [1.165, 1.54) is 42.7 Å². The molecule has 40 heavy (non-hydrogen) atoms. The van der Waals surface area contributed by atoms with Gasteiger partial charge in [-0.25, -0.2) is 18.4 Å². The molecule has 0 aliphatic carbocycles. The predicted molar refractivity (Wildman–Crippen MR) is 159 cm³/mol. The number of aliphatic hydroxyl groups excluding tert-OH is 1. The number of aliphatic hydroxyl groups is 1. The average molecular weight is 595 g/mol. The zero-order valence-electron chi connectivity index (χ0n) is 23.2. The number of aromatic nitrogens is 2. The molecule has 0 spiro atoms. The van der Waals surface area contributed by atoms with E-state index in [9.17, 15) is 13.2 Å². The Morgan fingerprint density at radius 2 is 1.82 bits per heavy atom. The molecular weight excluding hydrogens is 556 g/mol. The van der Waals surface area contributed by atoms with Gasteiger partial charge >= 0.3 is 0 Å². The quantitative estimate of drug-likeness (QED) is 0.144. The Labute approximate surface area is 240 Å². The van der Waals surface area contributed by atoms with E-state index < -0.39 is 15.7 Å². The molecular formula is C26H38N6O6S2. The van der Waals surface area contributed by atoms with Crippen LogP contribution in [0.15, 0.2) is 46.4 Å². The first kappa shape index (κ1) is 31.4. The molecule has 14 heteroatoms. The lowest BCUT2D eigenvalue weighted by Gasteiger charge is -2.20. The zero-order valence-corrected chi connectivity index (χ0v) is 24.8. The number of amides is 1. The maximum atomic E-state index is 13.3. The number of nitrogens with zero attached hydrogens (tertiary/aromatic N) is 5. The van der Waals surface area contributed by atoms with Crippen LogP contribution in [0.1, 0.15) is 19.8 Å². The number of methoxy groups -OCH3 is 1. The highest BCUT2D eigenvalue weighted by Crippen LogP contribution is 2.27. The molecule has 0 fully saturated rings. The van der Waals surface area contributed by atoms with Crippen LogP contribution in [0.25, 0.3) is 10.3 Å². The normalized spacial score (nSPS) is 12.2. The minimum Gasteiger partial charge on any atom is -0.396 e. The maximum absolute atomic E-state index is 13.3. The van der Waals surface area contributed by atoms with E-state index in [1.54, 1.807) is 0 Å². The number of ether oxygens (including phenoxy) is 1. The van der Waals surface area contributed by atoms with Gasteiger partial charge in [-0.1, -0.05) is 28.6 Å². The fourth-order valence-corrected chi connectivity index (χ4v) is 5.60. The van der Waals surface area contributed by atoms with Crippen LogP contribution >= 0.6 is 11.3 Å². The van der Waals surface area contributed by atoms with Crippen molar-refractivity contribution in [2.24, 2.45) is 5.16 Å². The molecule has 1 aromatic carbocycles. The summed E-state index contributed by atoms with van der Waals surface area (Å²) in [6.45, 7) is 2.04. The summed E-state index contributed by atoms with van der Waals surface area (Å²) in [5, 5.41) is 16.1. The van der Waals surface area contributed by atoms with Crippen LogP contribution < -0.4 is 10.2 Å². The molecule has 3 rings (SSSR count). The third kappa shape index (κ3) is 8.93. The summed E-state index contributed by atoms with van der Waals surface area (Å²) in [4.78, 5) is 32.6.